The highest BCUT2D eigenvalue weighted by Gasteiger charge is 2.38. The molecule has 5 aromatic carbocycles. The highest BCUT2D eigenvalue weighted by atomic mass is 16.5. The van der Waals surface area contributed by atoms with Crippen LogP contribution in [-0.4, -0.2) is 212 Å². The fourth-order valence-electron chi connectivity index (χ4n) is 11.4. The summed E-state index contributed by atoms with van der Waals surface area (Å²) in [4.78, 5) is 182. The molecule has 0 aliphatic rings. The highest BCUT2D eigenvalue weighted by molar-refractivity contribution is 6.00. The molecule has 6 aromatic rings. The van der Waals surface area contributed by atoms with E-state index in [0.29, 0.717) is 40.3 Å². The molecule has 12 atom stereocenters. The lowest BCUT2D eigenvalue weighted by molar-refractivity contribution is -0.142. The van der Waals surface area contributed by atoms with Crippen LogP contribution < -0.4 is 74.1 Å². The van der Waals surface area contributed by atoms with Crippen molar-refractivity contribution >= 4 is 76.9 Å². The topological polar surface area (TPSA) is 543 Å². The SMILES string of the molecule is CCc1cc(OC)c(OC)cc1-c1ccc(C[C@H](NC(=O)[C@H](CC(=O)O)NC(=O)[C@H](CO)NC(=O)[C@@H](NC(=O)[C@H](Cc2ccccc2)NC(=O)[C@@H](NC(=O)CNC(=O)[C@H](CCC(=O)O)NC(=O)[C@H](C)NC(=O)[C@@H](N)Cc2cnc[nH]2)[C@@H](C)O)[C@@H](C)O)C(=O)N[C@@H](Cc2ccc(-c3ccccc3C)cc2)C(N)=O)cc1. The number of carbonyl (C=O) groups is 13. The molecule has 0 fully saturated rings. The van der Waals surface area contributed by atoms with Crippen molar-refractivity contribution in [3.8, 4) is 33.8 Å². The van der Waals surface area contributed by atoms with Gasteiger partial charge in [-0.3, -0.25) is 62.3 Å². The van der Waals surface area contributed by atoms with Gasteiger partial charge in [-0.25, -0.2) is 4.98 Å². The quantitative estimate of drug-likeness (QED) is 0.0203. The Labute approximate surface area is 627 Å². The number of amides is 11. The van der Waals surface area contributed by atoms with E-state index >= 15 is 0 Å². The Balaban J connectivity index is 1.16. The molecule has 34 nitrogen and oxygen atoms in total. The Morgan fingerprint density at radius 1 is 0.514 bits per heavy atom. The highest BCUT2D eigenvalue weighted by Crippen LogP contribution is 2.36. The number of carbonyl (C=O) groups excluding carboxylic acids is 11. The Bertz CT molecular complexity index is 4160. The van der Waals surface area contributed by atoms with Crippen LogP contribution >= 0.6 is 0 Å². The molecule has 0 saturated heterocycles. The number of hydrogen-bond acceptors (Lipinski definition) is 20. The van der Waals surface area contributed by atoms with Crippen LogP contribution in [0.3, 0.4) is 0 Å². The summed E-state index contributed by atoms with van der Waals surface area (Å²) >= 11 is 0. The third-order valence-corrected chi connectivity index (χ3v) is 17.5. The summed E-state index contributed by atoms with van der Waals surface area (Å²) in [5.41, 5.74) is 19.1. The van der Waals surface area contributed by atoms with E-state index in [4.69, 9.17) is 20.9 Å². The molecule has 0 bridgehead atoms. The van der Waals surface area contributed by atoms with Crippen LogP contribution in [0.5, 0.6) is 11.5 Å². The van der Waals surface area contributed by atoms with Gasteiger partial charge < -0.3 is 105 Å². The van der Waals surface area contributed by atoms with E-state index in [2.05, 4.69) is 63.1 Å². The number of carboxylic acid groups (broad SMARTS) is 2. The summed E-state index contributed by atoms with van der Waals surface area (Å²) in [6.07, 6.45) is -3.13. The van der Waals surface area contributed by atoms with Gasteiger partial charge in [-0.15, -0.1) is 0 Å². The van der Waals surface area contributed by atoms with Gasteiger partial charge in [-0.1, -0.05) is 110 Å². The molecule has 0 radical (unpaired) electrons. The number of carboxylic acids is 2. The third kappa shape index (κ3) is 26.1. The number of aryl methyl sites for hydroxylation is 2. The summed E-state index contributed by atoms with van der Waals surface area (Å²) in [6, 6.07) is 16.6. The molecule has 20 N–H and O–H groups in total. The molecule has 0 unspecified atom stereocenters. The van der Waals surface area contributed by atoms with Crippen LogP contribution in [0.2, 0.25) is 0 Å². The minimum atomic E-state index is -2.06. The maximum absolute atomic E-state index is 14.6. The summed E-state index contributed by atoms with van der Waals surface area (Å²) in [5.74, 6) is -14.2. The lowest BCUT2D eigenvalue weighted by Crippen LogP contribution is -2.63. The first-order chi connectivity index (χ1) is 51.8. The number of nitrogens with zero attached hydrogens (tertiary/aromatic N) is 1. The van der Waals surface area contributed by atoms with Gasteiger partial charge in [0, 0.05) is 44.0 Å². The van der Waals surface area contributed by atoms with Gasteiger partial charge in [-0.05, 0) is 103 Å². The molecule has 1 heterocycles. The predicted octanol–water partition coefficient (Wildman–Crippen LogP) is -1.69. The molecule has 6 rings (SSSR count). The zero-order valence-corrected chi connectivity index (χ0v) is 61.1. The molecule has 109 heavy (non-hydrogen) atoms. The number of nitrogens with one attached hydrogen (secondary N) is 11. The first-order valence-electron chi connectivity index (χ1n) is 34.8. The van der Waals surface area contributed by atoms with Crippen molar-refractivity contribution in [1.82, 2.24) is 63.1 Å². The Hall–Kier alpha value is -12.1. The second-order valence-electron chi connectivity index (χ2n) is 25.9. The average molecular weight is 1510 g/mol. The van der Waals surface area contributed by atoms with E-state index in [0.717, 1.165) is 47.2 Å². The van der Waals surface area contributed by atoms with Crippen molar-refractivity contribution in [2.75, 3.05) is 27.4 Å². The number of methoxy groups -OCH3 is 2. The van der Waals surface area contributed by atoms with E-state index in [1.807, 2.05) is 62.4 Å². The van der Waals surface area contributed by atoms with Crippen molar-refractivity contribution in [3.63, 3.8) is 0 Å². The first-order valence-corrected chi connectivity index (χ1v) is 34.8. The number of H-pyrrole nitrogens is 1. The number of aromatic amines is 1. The smallest absolute Gasteiger partial charge is 0.305 e. The number of nitrogens with two attached hydrogens (primary N) is 2. The van der Waals surface area contributed by atoms with Gasteiger partial charge in [0.1, 0.15) is 54.4 Å². The number of ether oxygens (including phenoxy) is 2. The summed E-state index contributed by atoms with van der Waals surface area (Å²) in [6.45, 7) is 5.15. The number of imidazole rings is 1. The van der Waals surface area contributed by atoms with E-state index in [1.54, 1.807) is 66.7 Å². The monoisotopic (exact) mass is 1510 g/mol. The van der Waals surface area contributed by atoms with Crippen LogP contribution in [-0.2, 0) is 94.4 Å². The second-order valence-corrected chi connectivity index (χ2v) is 25.9. The average Bonchev–Trinajstić information content (AvgIpc) is 1.01. The van der Waals surface area contributed by atoms with Crippen LogP contribution in [0.15, 0.2) is 128 Å². The fraction of sp³-hybridized carbons (Fsp3) is 0.387. The second kappa shape index (κ2) is 41.7. The minimum absolute atomic E-state index is 0.0324. The van der Waals surface area contributed by atoms with E-state index < -0.39 is 182 Å². The van der Waals surface area contributed by atoms with Crippen molar-refractivity contribution in [2.45, 2.75) is 159 Å². The van der Waals surface area contributed by atoms with E-state index in [9.17, 15) is 87.9 Å². The zero-order chi connectivity index (χ0) is 80.2. The number of aliphatic hydroxyl groups excluding tert-OH is 3. The van der Waals surface area contributed by atoms with Crippen LogP contribution in [0.1, 0.15) is 80.5 Å². The molecule has 0 saturated carbocycles. The number of primary amides is 1. The Kier molecular flexibility index (Phi) is 32.8. The number of aliphatic carboxylic acids is 2. The van der Waals surface area contributed by atoms with Gasteiger partial charge in [0.25, 0.3) is 0 Å². The molecular formula is C75H94N14O20. The molecule has 11 amide bonds. The molecule has 584 valence electrons. The summed E-state index contributed by atoms with van der Waals surface area (Å²) < 4.78 is 11.1. The lowest BCUT2D eigenvalue weighted by Gasteiger charge is -2.28. The summed E-state index contributed by atoms with van der Waals surface area (Å²) in [7, 11) is 3.01. The van der Waals surface area contributed by atoms with E-state index in [-0.39, 0.29) is 25.7 Å². The molecule has 0 aliphatic carbocycles. The van der Waals surface area contributed by atoms with Crippen molar-refractivity contribution in [2.24, 2.45) is 11.5 Å². The van der Waals surface area contributed by atoms with Gasteiger partial charge in [0.05, 0.1) is 58.4 Å². The fourth-order valence-corrected chi connectivity index (χ4v) is 11.4. The van der Waals surface area contributed by atoms with Crippen molar-refractivity contribution < 1.29 is 97.3 Å². The molecular weight excluding hydrogens is 1420 g/mol. The van der Waals surface area contributed by atoms with E-state index in [1.165, 1.54) is 33.7 Å². The molecule has 1 aromatic heterocycles. The first kappa shape index (κ1) is 85.8. The predicted molar refractivity (Wildman–Crippen MR) is 394 cm³/mol. The molecule has 0 spiro atoms. The minimum Gasteiger partial charge on any atom is -0.493 e. The van der Waals surface area contributed by atoms with Gasteiger partial charge in [0.2, 0.25) is 65.0 Å². The number of aliphatic hydroxyl groups is 3. The maximum atomic E-state index is 14.6. The maximum Gasteiger partial charge on any atom is 0.305 e. The van der Waals surface area contributed by atoms with Gasteiger partial charge in [0.15, 0.2) is 11.5 Å². The van der Waals surface area contributed by atoms with Crippen molar-refractivity contribution in [3.05, 3.63) is 161 Å². The third-order valence-electron chi connectivity index (χ3n) is 17.5. The normalized spacial score (nSPS) is 14.3. The van der Waals surface area contributed by atoms with Crippen LogP contribution in [0.25, 0.3) is 22.3 Å². The molecule has 34 heteroatoms. The van der Waals surface area contributed by atoms with Gasteiger partial charge >= 0.3 is 11.9 Å². The lowest BCUT2D eigenvalue weighted by atomic mass is 9.95. The number of aromatic nitrogens is 2. The number of rotatable bonds is 42. The Morgan fingerprint density at radius 3 is 1.53 bits per heavy atom. The molecule has 0 aliphatic heterocycles. The number of benzene rings is 5. The van der Waals surface area contributed by atoms with Gasteiger partial charge in [-0.2, -0.15) is 0 Å². The standard InChI is InChI=1S/C75H94N14O20/c1-8-46-31-59(108-6)60(109-7)33-51(46)48-24-20-45(21-25-48)30-55(70(102)83-54(66(77)98)28-44-18-22-47(23-19-44)50-17-13-12-14-39(50)2)84-71(103)57(34-63(96)97)85-73(105)58(37-90)87-75(107)65(42(5)92)89-72(104)56(29-43-15-10-9-11-16-43)86-74(106)64(41(4)91)88-61(93)36-79-69(101)53(26-27-62(94)95)82-67(99)40(3)81-68(100)52(76)32-49-35-78-38-80-49/h9-25,31,33,35,38,40-42,52-58,64-65,90-92H,8,26-30,32,34,36-37,76H2,1-7H3,(H2,77,98)(H,78,80)(H,79,101)(H,81,100)(H,82,99)(H,83,102)(H,84,103)(H,85,105)(H,86,106)(H,87,107)(H,88,93)(H,89,104)(H,94,95)(H,96,97)/t40-,41+,42+,52-,53-,54-,55-,56-,57-,58-,64-,65-/m0/s1. The van der Waals surface area contributed by atoms with Crippen LogP contribution in [0, 0.1) is 6.92 Å². The largest absolute Gasteiger partial charge is 0.493 e. The zero-order valence-electron chi connectivity index (χ0n) is 61.1. The number of hydrogen-bond donors (Lipinski definition) is 18. The summed E-state index contributed by atoms with van der Waals surface area (Å²) in [5, 5.41) is 75.2. The Morgan fingerprint density at radius 2 is 1.00 bits per heavy atom. The van der Waals surface area contributed by atoms with Crippen molar-refractivity contribution in [1.29, 1.82) is 0 Å². The van der Waals surface area contributed by atoms with Crippen LogP contribution in [0.4, 0.5) is 0 Å².